The van der Waals surface area contributed by atoms with Crippen molar-refractivity contribution >= 4 is 19.7 Å². The van der Waals surface area contributed by atoms with Crippen LogP contribution in [-0.4, -0.2) is 69.4 Å². The molecule has 3 unspecified atom stereocenters. The Balaban J connectivity index is 5.33. The maximum absolute atomic E-state index is 13.5. The fourth-order valence-electron chi connectivity index (χ4n) is 8.46. The lowest BCUT2D eigenvalue weighted by Crippen LogP contribution is -2.47. The summed E-state index contributed by atoms with van der Waals surface area (Å²) in [6.07, 6.45) is 73.7. The zero-order chi connectivity index (χ0) is 55.7. The van der Waals surface area contributed by atoms with Crippen LogP contribution in [0.25, 0.3) is 0 Å². The first-order chi connectivity index (χ1) is 36.9. The molecule has 10 heteroatoms. The molecular formula is C66H117N2O7P. The second kappa shape index (κ2) is 55.3. The number of hydrogen-bond acceptors (Lipinski definition) is 7. The van der Waals surface area contributed by atoms with Gasteiger partial charge in [0, 0.05) is 12.8 Å². The Morgan fingerprint density at radius 3 is 1.29 bits per heavy atom. The van der Waals surface area contributed by atoms with Crippen LogP contribution in [0, 0.1) is 0 Å². The zero-order valence-electron chi connectivity index (χ0n) is 49.9. The molecule has 0 bridgehead atoms. The number of unbranched alkanes of at least 4 members (excludes halogenated alkanes) is 25. The van der Waals surface area contributed by atoms with Gasteiger partial charge in [-0.2, -0.15) is 0 Å². The number of phosphoric acid groups is 1. The van der Waals surface area contributed by atoms with E-state index >= 15 is 0 Å². The SMILES string of the molecule is CC/C=C\C/C=C\C/C=C\C/C=C\C/C=C\C/C=C\CCCCCCC(=O)OC(/C=C\CCCCCCCCCCCCC)C(COP(=O)([O-])OCC[N+](C)(C)C)NC(=O)CCCCC/C=C\CCCCCCCCC. The molecule has 1 N–H and O–H groups in total. The third-order valence-corrected chi connectivity index (χ3v) is 14.2. The first kappa shape index (κ1) is 72.9. The van der Waals surface area contributed by atoms with Gasteiger partial charge in [-0.15, -0.1) is 0 Å². The number of ether oxygens (including phenoxy) is 1. The number of amides is 1. The van der Waals surface area contributed by atoms with Crippen LogP contribution in [0.1, 0.15) is 258 Å². The van der Waals surface area contributed by atoms with Gasteiger partial charge in [-0.3, -0.25) is 14.2 Å². The molecule has 0 aliphatic heterocycles. The first-order valence-electron chi connectivity index (χ1n) is 31.0. The van der Waals surface area contributed by atoms with Gasteiger partial charge >= 0.3 is 5.97 Å². The zero-order valence-corrected chi connectivity index (χ0v) is 50.8. The van der Waals surface area contributed by atoms with Crippen LogP contribution in [0.5, 0.6) is 0 Å². The Labute approximate surface area is 468 Å². The van der Waals surface area contributed by atoms with Crippen LogP contribution in [0.3, 0.4) is 0 Å². The molecule has 0 aliphatic rings. The van der Waals surface area contributed by atoms with Crippen molar-refractivity contribution in [2.24, 2.45) is 0 Å². The number of quaternary nitrogens is 1. The predicted molar refractivity (Wildman–Crippen MR) is 325 cm³/mol. The van der Waals surface area contributed by atoms with Gasteiger partial charge in [0.25, 0.3) is 7.82 Å². The van der Waals surface area contributed by atoms with Gasteiger partial charge in [0.15, 0.2) is 0 Å². The summed E-state index contributed by atoms with van der Waals surface area (Å²) in [6.45, 7) is 6.69. The van der Waals surface area contributed by atoms with E-state index in [-0.39, 0.29) is 31.3 Å². The number of likely N-dealkylation sites (N-methyl/N-ethyl adjacent to an activating group) is 1. The van der Waals surface area contributed by atoms with Crippen molar-refractivity contribution in [3.8, 4) is 0 Å². The fraction of sp³-hybridized carbons (Fsp3) is 0.727. The second-order valence-corrected chi connectivity index (χ2v) is 23.2. The second-order valence-electron chi connectivity index (χ2n) is 21.8. The van der Waals surface area contributed by atoms with E-state index in [9.17, 15) is 19.0 Å². The molecule has 1 amide bonds. The van der Waals surface area contributed by atoms with E-state index in [2.05, 4.69) is 111 Å². The molecule has 0 aliphatic carbocycles. The van der Waals surface area contributed by atoms with Gasteiger partial charge in [-0.05, 0) is 109 Å². The molecule has 0 heterocycles. The Morgan fingerprint density at radius 2 is 0.842 bits per heavy atom. The number of phosphoric ester groups is 1. The van der Waals surface area contributed by atoms with E-state index in [1.807, 2.05) is 33.3 Å². The average molecular weight is 1080 g/mol. The lowest BCUT2D eigenvalue weighted by Gasteiger charge is -2.30. The summed E-state index contributed by atoms with van der Waals surface area (Å²) < 4.78 is 30.3. The van der Waals surface area contributed by atoms with Gasteiger partial charge < -0.3 is 28.5 Å². The predicted octanol–water partition coefficient (Wildman–Crippen LogP) is 18.5. The quantitative estimate of drug-likeness (QED) is 0.0212. The Bertz CT molecular complexity index is 1620. The van der Waals surface area contributed by atoms with Crippen LogP contribution in [0.4, 0.5) is 0 Å². The maximum atomic E-state index is 13.5. The topological polar surface area (TPSA) is 114 Å². The molecule has 0 spiro atoms. The lowest BCUT2D eigenvalue weighted by molar-refractivity contribution is -0.870. The number of nitrogens with zero attached hydrogens (tertiary/aromatic N) is 1. The minimum Gasteiger partial charge on any atom is -0.756 e. The van der Waals surface area contributed by atoms with E-state index in [1.54, 1.807) is 0 Å². The van der Waals surface area contributed by atoms with Crippen molar-refractivity contribution < 1.29 is 37.3 Å². The van der Waals surface area contributed by atoms with Gasteiger partial charge in [-0.1, -0.05) is 234 Å². The third kappa shape index (κ3) is 55.7. The van der Waals surface area contributed by atoms with Gasteiger partial charge in [0.05, 0.1) is 33.8 Å². The monoisotopic (exact) mass is 1080 g/mol. The highest BCUT2D eigenvalue weighted by atomic mass is 31.2. The molecule has 0 radical (unpaired) electrons. The van der Waals surface area contributed by atoms with Crippen molar-refractivity contribution in [2.75, 3.05) is 40.9 Å². The molecule has 0 saturated heterocycles. The number of carbonyl (C=O) groups excluding carboxylic acids is 2. The molecule has 0 fully saturated rings. The molecule has 0 aromatic rings. The van der Waals surface area contributed by atoms with Crippen LogP contribution in [-0.2, 0) is 27.9 Å². The molecular weight excluding hydrogens is 964 g/mol. The highest BCUT2D eigenvalue weighted by Crippen LogP contribution is 2.38. The minimum absolute atomic E-state index is 0.0334. The smallest absolute Gasteiger partial charge is 0.306 e. The third-order valence-electron chi connectivity index (χ3n) is 13.2. The normalized spacial score (nSPS) is 14.4. The summed E-state index contributed by atoms with van der Waals surface area (Å²) >= 11 is 0. The molecule has 0 saturated carbocycles. The van der Waals surface area contributed by atoms with Crippen molar-refractivity contribution in [1.82, 2.24) is 5.32 Å². The number of hydrogen-bond donors (Lipinski definition) is 1. The first-order valence-corrected chi connectivity index (χ1v) is 32.5. The average Bonchev–Trinajstić information content (AvgIpc) is 3.38. The van der Waals surface area contributed by atoms with Gasteiger partial charge in [0.1, 0.15) is 19.3 Å². The van der Waals surface area contributed by atoms with Crippen molar-refractivity contribution in [3.63, 3.8) is 0 Å². The fourth-order valence-corrected chi connectivity index (χ4v) is 9.18. The molecule has 0 aromatic carbocycles. The summed E-state index contributed by atoms with van der Waals surface area (Å²) in [5.74, 6) is -0.591. The van der Waals surface area contributed by atoms with E-state index in [0.29, 0.717) is 23.9 Å². The van der Waals surface area contributed by atoms with Crippen LogP contribution < -0.4 is 10.2 Å². The standard InChI is InChI=1S/C66H117N2O7P/c1-7-10-13-16-19-22-25-28-30-31-32-33-34-35-36-37-38-41-44-47-50-53-56-59-66(70)75-64(57-54-51-48-45-42-39-27-24-21-18-15-12-9-3)63(62-74-76(71,72)73-61-60-68(4,5)6)67-65(69)58-55-52-49-46-43-40-29-26-23-20-17-14-11-8-2/h10,13,19,22,28,30,32-33,35-36,38,40-41,43,54,57,63-64H,7-9,11-12,14-18,20-21,23-27,29,31,34,37,39,42,44-53,55-56,58-62H2,1-6H3,(H-,67,69,71,72)/b13-10-,22-19-,30-28-,33-32-,36-35-,41-38-,43-40-,57-54-. The Morgan fingerprint density at radius 1 is 0.474 bits per heavy atom. The summed E-state index contributed by atoms with van der Waals surface area (Å²) in [5, 5.41) is 3.01. The Hall–Kier alpha value is -3.07. The summed E-state index contributed by atoms with van der Waals surface area (Å²) in [5.41, 5.74) is 0. The molecule has 3 atom stereocenters. The maximum Gasteiger partial charge on any atom is 0.306 e. The highest BCUT2D eigenvalue weighted by molar-refractivity contribution is 7.45. The highest BCUT2D eigenvalue weighted by Gasteiger charge is 2.27. The molecule has 0 rings (SSSR count). The van der Waals surface area contributed by atoms with Crippen LogP contribution in [0.2, 0.25) is 0 Å². The lowest BCUT2D eigenvalue weighted by atomic mass is 10.0. The van der Waals surface area contributed by atoms with Gasteiger partial charge in [0.2, 0.25) is 5.91 Å². The van der Waals surface area contributed by atoms with Crippen LogP contribution in [0.15, 0.2) is 97.2 Å². The summed E-state index contributed by atoms with van der Waals surface area (Å²) in [6, 6.07) is -0.912. The van der Waals surface area contributed by atoms with Gasteiger partial charge in [-0.25, -0.2) is 0 Å². The van der Waals surface area contributed by atoms with E-state index in [0.717, 1.165) is 109 Å². The van der Waals surface area contributed by atoms with Crippen molar-refractivity contribution in [2.45, 2.75) is 270 Å². The molecule has 438 valence electrons. The molecule has 9 nitrogen and oxygen atoms in total. The summed E-state index contributed by atoms with van der Waals surface area (Å²) in [4.78, 5) is 40.0. The number of rotatable bonds is 55. The van der Waals surface area contributed by atoms with Crippen molar-refractivity contribution in [3.05, 3.63) is 97.2 Å². The number of carbonyl (C=O) groups is 2. The number of nitrogens with one attached hydrogen (secondary N) is 1. The van der Waals surface area contributed by atoms with E-state index < -0.39 is 26.6 Å². The Kier molecular flexibility index (Phi) is 53.0. The number of esters is 1. The van der Waals surface area contributed by atoms with E-state index in [4.69, 9.17) is 13.8 Å². The number of allylic oxidation sites excluding steroid dienone is 15. The van der Waals surface area contributed by atoms with Crippen LogP contribution >= 0.6 is 7.82 Å². The summed E-state index contributed by atoms with van der Waals surface area (Å²) in [7, 11) is 1.15. The molecule has 76 heavy (non-hydrogen) atoms. The van der Waals surface area contributed by atoms with E-state index in [1.165, 1.54) is 103 Å². The molecule has 0 aromatic heterocycles. The minimum atomic E-state index is -4.71. The largest absolute Gasteiger partial charge is 0.756 e. The van der Waals surface area contributed by atoms with Crippen molar-refractivity contribution in [1.29, 1.82) is 0 Å².